The Morgan fingerprint density at radius 2 is 2.14 bits per heavy atom. The third-order valence-corrected chi connectivity index (χ3v) is 0.348. The van der Waals surface area contributed by atoms with Crippen molar-refractivity contribution in [3.8, 4) is 0 Å². The van der Waals surface area contributed by atoms with E-state index in [4.69, 9.17) is 0 Å². The first-order valence-electron chi connectivity index (χ1n) is 1.75. The Balaban J connectivity index is 0. The Morgan fingerprint density at radius 1 is 1.71 bits per heavy atom. The molecule has 0 N–H and O–H groups in total. The first-order valence-corrected chi connectivity index (χ1v) is 1.75. The van der Waals surface area contributed by atoms with Crippen molar-refractivity contribution < 1.29 is 9.53 Å². The lowest BCUT2D eigenvalue weighted by Crippen LogP contribution is -1.98. The highest BCUT2D eigenvalue weighted by Gasteiger charge is 1.83. The number of ether oxygens (including phenoxy) is 1. The monoisotopic (exact) mass is 99.1 g/mol. The third kappa shape index (κ3) is 10.7. The molecular weight excluding hydrogens is 90.9 g/mol. The van der Waals surface area contributed by atoms with Gasteiger partial charge in [0, 0.05) is 15.5 Å². The van der Waals surface area contributed by atoms with Crippen molar-refractivity contribution in [2.75, 3.05) is 13.7 Å². The van der Waals surface area contributed by atoms with E-state index >= 15 is 0 Å². The van der Waals surface area contributed by atoms with E-state index in [0.717, 1.165) is 0 Å². The minimum absolute atomic E-state index is 0. The summed E-state index contributed by atoms with van der Waals surface area (Å²) >= 11 is 0. The molecule has 0 saturated heterocycles. The quantitative estimate of drug-likeness (QED) is 0.449. The van der Waals surface area contributed by atoms with Crippen LogP contribution in [-0.4, -0.2) is 27.9 Å². The number of ketones is 1. The Kier molecular flexibility index (Phi) is 8.01. The molecule has 0 aromatic carbocycles. The zero-order chi connectivity index (χ0) is 4.99. The van der Waals surface area contributed by atoms with Crippen LogP contribution < -0.4 is 0 Å². The van der Waals surface area contributed by atoms with Gasteiger partial charge in [0.05, 0.1) is 0 Å². The van der Waals surface area contributed by atoms with Crippen LogP contribution in [0.3, 0.4) is 0 Å². The van der Waals surface area contributed by atoms with Gasteiger partial charge in [-0.1, -0.05) is 0 Å². The summed E-state index contributed by atoms with van der Waals surface area (Å²) in [4.78, 5) is 9.92. The molecule has 0 aromatic heterocycles. The number of Topliss-reactive ketones (excluding diaryl/α,β-unsaturated/α-hetero) is 1. The summed E-state index contributed by atoms with van der Waals surface area (Å²) in [7, 11) is 1.50. The van der Waals surface area contributed by atoms with Gasteiger partial charge in [0.2, 0.25) is 0 Å². The van der Waals surface area contributed by atoms with Crippen LogP contribution in [0.4, 0.5) is 0 Å². The lowest BCUT2D eigenvalue weighted by molar-refractivity contribution is -0.120. The molecule has 7 heavy (non-hydrogen) atoms. The van der Waals surface area contributed by atoms with Gasteiger partial charge in [-0.05, 0) is 6.92 Å². The van der Waals surface area contributed by atoms with E-state index in [1.807, 2.05) is 0 Å². The summed E-state index contributed by atoms with van der Waals surface area (Å²) in [5.41, 5.74) is 0. The minimum atomic E-state index is 0. The number of hydrogen-bond acceptors (Lipinski definition) is 2. The van der Waals surface area contributed by atoms with Gasteiger partial charge in [-0.2, -0.15) is 0 Å². The van der Waals surface area contributed by atoms with Crippen LogP contribution in [-0.2, 0) is 9.53 Å². The van der Waals surface area contributed by atoms with E-state index in [0.29, 0.717) is 0 Å². The molecule has 3 radical (unpaired) electrons. The van der Waals surface area contributed by atoms with E-state index in [2.05, 4.69) is 4.74 Å². The molecule has 0 unspecified atom stereocenters. The molecule has 0 saturated carbocycles. The van der Waals surface area contributed by atoms with Gasteiger partial charge in [-0.25, -0.2) is 0 Å². The van der Waals surface area contributed by atoms with Crippen molar-refractivity contribution in [1.82, 2.24) is 0 Å². The predicted molar refractivity (Wildman–Crippen MR) is 28.3 cm³/mol. The van der Waals surface area contributed by atoms with E-state index in [1.165, 1.54) is 14.0 Å². The van der Waals surface area contributed by atoms with Crippen molar-refractivity contribution >= 4 is 14.2 Å². The van der Waals surface area contributed by atoms with Crippen LogP contribution in [0.5, 0.6) is 0 Å². The van der Waals surface area contributed by atoms with Crippen molar-refractivity contribution in [3.05, 3.63) is 0 Å². The maximum Gasteiger partial charge on any atom is 0.155 e. The van der Waals surface area contributed by atoms with Gasteiger partial charge >= 0.3 is 0 Å². The highest BCUT2D eigenvalue weighted by Crippen LogP contribution is 1.65. The number of hydrogen-bond donors (Lipinski definition) is 0. The molecule has 0 aromatic rings. The molecule has 39 valence electrons. The summed E-state index contributed by atoms with van der Waals surface area (Å²) in [5, 5.41) is 0. The SMILES string of the molecule is COCC(C)=O.[B]. The van der Waals surface area contributed by atoms with Gasteiger partial charge in [0.1, 0.15) is 6.61 Å². The highest BCUT2D eigenvalue weighted by molar-refractivity contribution is 5.76. The second kappa shape index (κ2) is 5.69. The van der Waals surface area contributed by atoms with Gasteiger partial charge < -0.3 is 4.74 Å². The number of rotatable bonds is 2. The Bertz CT molecular complexity index is 53.7. The normalized spacial score (nSPS) is 7.14. The summed E-state index contributed by atoms with van der Waals surface area (Å²) in [6.45, 7) is 1.73. The standard InChI is InChI=1S/C4H8O2.B/c1-4(5)3-6-2;/h3H2,1-2H3;. The average Bonchev–Trinajstić information content (AvgIpc) is 1.35. The molecule has 0 aliphatic heterocycles. The minimum Gasteiger partial charge on any atom is -0.377 e. The largest absolute Gasteiger partial charge is 0.377 e. The van der Waals surface area contributed by atoms with Gasteiger partial charge in [0.25, 0.3) is 0 Å². The molecule has 3 heteroatoms. The van der Waals surface area contributed by atoms with Crippen molar-refractivity contribution in [2.24, 2.45) is 0 Å². The summed E-state index contributed by atoms with van der Waals surface area (Å²) in [5.74, 6) is 0.0671. The van der Waals surface area contributed by atoms with Crippen LogP contribution >= 0.6 is 0 Å². The Labute approximate surface area is 45.4 Å². The Morgan fingerprint density at radius 3 is 2.14 bits per heavy atom. The zero-order valence-electron chi connectivity index (χ0n) is 4.60. The fourth-order valence-electron chi connectivity index (χ4n) is 0.203. The lowest BCUT2D eigenvalue weighted by Gasteiger charge is -1.84. The fourth-order valence-corrected chi connectivity index (χ4v) is 0.203. The molecular formula is C4H8BO2. The van der Waals surface area contributed by atoms with E-state index in [1.54, 1.807) is 0 Å². The number of carbonyl (C=O) groups is 1. The molecule has 0 atom stereocenters. The maximum absolute atomic E-state index is 9.92. The molecule has 0 bridgehead atoms. The Hall–Kier alpha value is -0.305. The topological polar surface area (TPSA) is 26.3 Å². The summed E-state index contributed by atoms with van der Waals surface area (Å²) in [6, 6.07) is 0. The summed E-state index contributed by atoms with van der Waals surface area (Å²) < 4.78 is 4.45. The zero-order valence-corrected chi connectivity index (χ0v) is 4.60. The third-order valence-electron chi connectivity index (χ3n) is 0.348. The van der Waals surface area contributed by atoms with Crippen molar-refractivity contribution in [2.45, 2.75) is 6.92 Å². The van der Waals surface area contributed by atoms with Crippen LogP contribution in [0.25, 0.3) is 0 Å². The highest BCUT2D eigenvalue weighted by atomic mass is 16.5. The number of methoxy groups -OCH3 is 1. The fraction of sp³-hybridized carbons (Fsp3) is 0.750. The van der Waals surface area contributed by atoms with Gasteiger partial charge in [0.15, 0.2) is 5.78 Å². The second-order valence-electron chi connectivity index (χ2n) is 1.14. The molecule has 0 rings (SSSR count). The lowest BCUT2D eigenvalue weighted by atomic mass is 10.5. The molecule has 2 nitrogen and oxygen atoms in total. The van der Waals surface area contributed by atoms with Gasteiger partial charge in [-0.3, -0.25) is 4.79 Å². The molecule has 0 aliphatic rings. The van der Waals surface area contributed by atoms with Gasteiger partial charge in [-0.15, -0.1) is 0 Å². The number of carbonyl (C=O) groups excluding carboxylic acids is 1. The average molecular weight is 98.9 g/mol. The predicted octanol–water partition coefficient (Wildman–Crippen LogP) is -0.159. The maximum atomic E-state index is 9.92. The molecule has 0 spiro atoms. The summed E-state index contributed by atoms with van der Waals surface area (Å²) in [6.07, 6.45) is 0. The molecule has 0 heterocycles. The first kappa shape index (κ1) is 9.85. The smallest absolute Gasteiger partial charge is 0.155 e. The molecule has 0 amide bonds. The first-order chi connectivity index (χ1) is 2.77. The molecule has 0 fully saturated rings. The van der Waals surface area contributed by atoms with E-state index in [9.17, 15) is 4.79 Å². The van der Waals surface area contributed by atoms with Crippen LogP contribution in [0.15, 0.2) is 0 Å². The van der Waals surface area contributed by atoms with Crippen LogP contribution in [0.1, 0.15) is 6.92 Å². The van der Waals surface area contributed by atoms with Crippen molar-refractivity contribution in [3.63, 3.8) is 0 Å². The van der Waals surface area contributed by atoms with E-state index < -0.39 is 0 Å². The van der Waals surface area contributed by atoms with Crippen LogP contribution in [0, 0.1) is 0 Å². The van der Waals surface area contributed by atoms with Crippen LogP contribution in [0.2, 0.25) is 0 Å². The molecule has 0 aliphatic carbocycles. The van der Waals surface area contributed by atoms with Crippen molar-refractivity contribution in [1.29, 1.82) is 0 Å². The van der Waals surface area contributed by atoms with E-state index in [-0.39, 0.29) is 20.8 Å². The second-order valence-corrected chi connectivity index (χ2v) is 1.14.